The number of ether oxygens (including phenoxy) is 1. The number of fused-ring (bicyclic) bond motifs is 3. The van der Waals surface area contributed by atoms with E-state index in [-0.39, 0.29) is 31.1 Å². The number of nitro groups is 1. The molecular formula is C25H18F2N2O4. The molecule has 0 radical (unpaired) electrons. The predicted molar refractivity (Wildman–Crippen MR) is 118 cm³/mol. The van der Waals surface area contributed by atoms with Crippen molar-refractivity contribution < 1.29 is 23.2 Å². The highest BCUT2D eigenvalue weighted by molar-refractivity contribution is 5.79. The Balaban J connectivity index is 1.30. The van der Waals surface area contributed by atoms with E-state index >= 15 is 0 Å². The molecule has 0 heterocycles. The van der Waals surface area contributed by atoms with Crippen molar-refractivity contribution in [1.29, 1.82) is 0 Å². The van der Waals surface area contributed by atoms with Crippen molar-refractivity contribution in [3.8, 4) is 23.0 Å². The van der Waals surface area contributed by atoms with Crippen molar-refractivity contribution in [1.82, 2.24) is 5.32 Å². The third kappa shape index (κ3) is 4.67. The maximum atomic E-state index is 13.8. The zero-order valence-electron chi connectivity index (χ0n) is 17.3. The van der Waals surface area contributed by atoms with Crippen LogP contribution in [0, 0.1) is 33.6 Å². The Morgan fingerprint density at radius 3 is 2.30 bits per heavy atom. The number of nitrogens with one attached hydrogen (secondary N) is 1. The van der Waals surface area contributed by atoms with Gasteiger partial charge in [0, 0.05) is 18.9 Å². The number of carbonyl (C=O) groups is 1. The molecule has 1 N–H and O–H groups in total. The Morgan fingerprint density at radius 2 is 1.67 bits per heavy atom. The summed E-state index contributed by atoms with van der Waals surface area (Å²) >= 11 is 0. The van der Waals surface area contributed by atoms with Gasteiger partial charge in [0.15, 0.2) is 0 Å². The van der Waals surface area contributed by atoms with Crippen LogP contribution in [0.5, 0.6) is 0 Å². The Kier molecular flexibility index (Phi) is 6.31. The van der Waals surface area contributed by atoms with Crippen molar-refractivity contribution in [2.45, 2.75) is 12.3 Å². The predicted octanol–water partition coefficient (Wildman–Crippen LogP) is 5.15. The van der Waals surface area contributed by atoms with Crippen LogP contribution in [-0.4, -0.2) is 24.2 Å². The molecule has 8 heteroatoms. The van der Waals surface area contributed by atoms with Crippen LogP contribution in [-0.2, 0) is 4.74 Å². The summed E-state index contributed by atoms with van der Waals surface area (Å²) in [6.45, 7) is 0.319. The van der Waals surface area contributed by atoms with Crippen molar-refractivity contribution in [2.24, 2.45) is 0 Å². The van der Waals surface area contributed by atoms with Gasteiger partial charge in [0.25, 0.3) is 0 Å². The third-order valence-electron chi connectivity index (χ3n) is 5.32. The monoisotopic (exact) mass is 448 g/mol. The zero-order valence-corrected chi connectivity index (χ0v) is 17.3. The number of benzene rings is 3. The molecule has 1 aliphatic carbocycles. The average molecular weight is 448 g/mol. The molecule has 4 rings (SSSR count). The van der Waals surface area contributed by atoms with Gasteiger partial charge in [0.1, 0.15) is 12.4 Å². The van der Waals surface area contributed by atoms with E-state index in [1.807, 2.05) is 48.5 Å². The van der Waals surface area contributed by atoms with Gasteiger partial charge in [-0.25, -0.2) is 9.18 Å². The molecule has 33 heavy (non-hydrogen) atoms. The molecule has 3 aromatic carbocycles. The first-order valence-electron chi connectivity index (χ1n) is 10.2. The average Bonchev–Trinajstić information content (AvgIpc) is 3.13. The maximum Gasteiger partial charge on any atom is 0.407 e. The third-order valence-corrected chi connectivity index (χ3v) is 5.32. The minimum absolute atomic E-state index is 0.0528. The van der Waals surface area contributed by atoms with Crippen molar-refractivity contribution in [2.75, 3.05) is 13.2 Å². The van der Waals surface area contributed by atoms with Crippen LogP contribution in [0.15, 0.2) is 60.7 Å². The smallest absolute Gasteiger partial charge is 0.407 e. The van der Waals surface area contributed by atoms with E-state index in [1.165, 1.54) is 0 Å². The standard InChI is InChI=1S/C25H18F2N2O4/c26-22-14-24(29(31)32)23(27)13-16(22)7-5-6-12-28-25(30)33-15-21-19-10-3-1-8-17(19)18-9-2-4-11-20(18)21/h1-4,8-11,13-14,21H,6,12,15H2,(H,28,30). The Morgan fingerprint density at radius 1 is 1.03 bits per heavy atom. The maximum absolute atomic E-state index is 13.8. The highest BCUT2D eigenvalue weighted by atomic mass is 19.1. The molecule has 0 fully saturated rings. The van der Waals surface area contributed by atoms with Gasteiger partial charge in [0.05, 0.1) is 16.6 Å². The van der Waals surface area contributed by atoms with Crippen molar-refractivity contribution >= 4 is 11.8 Å². The van der Waals surface area contributed by atoms with Gasteiger partial charge >= 0.3 is 11.8 Å². The number of hydrogen-bond donors (Lipinski definition) is 1. The second-order valence-corrected chi connectivity index (χ2v) is 7.34. The normalized spacial score (nSPS) is 11.7. The van der Waals surface area contributed by atoms with Gasteiger partial charge in [0.2, 0.25) is 5.82 Å². The lowest BCUT2D eigenvalue weighted by Crippen LogP contribution is -2.26. The van der Waals surface area contributed by atoms with Gasteiger partial charge < -0.3 is 10.1 Å². The number of alkyl carbamates (subject to hydrolysis) is 1. The molecule has 0 aromatic heterocycles. The number of carbonyl (C=O) groups excluding carboxylic acids is 1. The molecule has 0 bridgehead atoms. The lowest BCUT2D eigenvalue weighted by atomic mass is 9.98. The summed E-state index contributed by atoms with van der Waals surface area (Å²) in [6, 6.07) is 17.2. The molecule has 0 aliphatic heterocycles. The molecule has 0 saturated heterocycles. The van der Waals surface area contributed by atoms with E-state index < -0.39 is 28.3 Å². The molecule has 0 saturated carbocycles. The van der Waals surface area contributed by atoms with Crippen molar-refractivity contribution in [3.05, 3.63) is 99.1 Å². The van der Waals surface area contributed by atoms with E-state index in [1.54, 1.807) is 0 Å². The first-order chi connectivity index (χ1) is 16.0. The molecule has 3 aromatic rings. The molecule has 0 unspecified atom stereocenters. The first kappa shape index (κ1) is 22.0. The minimum atomic E-state index is -1.16. The van der Waals surface area contributed by atoms with Gasteiger partial charge in [-0.1, -0.05) is 60.4 Å². The van der Waals surface area contributed by atoms with Gasteiger partial charge in [-0.15, -0.1) is 0 Å². The molecular weight excluding hydrogens is 430 g/mol. The van der Waals surface area contributed by atoms with Crippen LogP contribution in [0.4, 0.5) is 19.3 Å². The fraction of sp³-hybridized carbons (Fsp3) is 0.160. The molecule has 1 aliphatic rings. The van der Waals surface area contributed by atoms with Crippen LogP contribution in [0.1, 0.15) is 29.0 Å². The summed E-state index contributed by atoms with van der Waals surface area (Å²) in [5, 5.41) is 13.2. The molecule has 0 spiro atoms. The van der Waals surface area contributed by atoms with E-state index in [0.717, 1.165) is 22.3 Å². The fourth-order valence-corrected chi connectivity index (χ4v) is 3.81. The van der Waals surface area contributed by atoms with Crippen LogP contribution in [0.3, 0.4) is 0 Å². The highest BCUT2D eigenvalue weighted by Crippen LogP contribution is 2.44. The molecule has 0 atom stereocenters. The second-order valence-electron chi connectivity index (χ2n) is 7.34. The second kappa shape index (κ2) is 9.49. The Hall–Kier alpha value is -4.25. The first-order valence-corrected chi connectivity index (χ1v) is 10.2. The summed E-state index contributed by atoms with van der Waals surface area (Å²) in [5.41, 5.74) is 3.23. The Labute approximate surface area is 188 Å². The van der Waals surface area contributed by atoms with Gasteiger partial charge in [-0.2, -0.15) is 4.39 Å². The summed E-state index contributed by atoms with van der Waals surface area (Å²) < 4.78 is 32.8. The van der Waals surface area contributed by atoms with Crippen LogP contribution in [0.2, 0.25) is 0 Å². The van der Waals surface area contributed by atoms with E-state index in [9.17, 15) is 23.7 Å². The van der Waals surface area contributed by atoms with Crippen LogP contribution < -0.4 is 5.32 Å². The largest absolute Gasteiger partial charge is 0.449 e. The SMILES string of the molecule is O=C(NCCC#Cc1cc(F)c([N+](=O)[O-])cc1F)OCC1c2ccccc2-c2ccccc21. The lowest BCUT2D eigenvalue weighted by molar-refractivity contribution is -0.387. The number of nitro benzene ring substituents is 1. The van der Waals surface area contributed by atoms with E-state index in [4.69, 9.17) is 4.74 Å². The van der Waals surface area contributed by atoms with Gasteiger partial charge in [-0.05, 0) is 28.3 Å². The quantitative estimate of drug-likeness (QED) is 0.253. The minimum Gasteiger partial charge on any atom is -0.449 e. The van der Waals surface area contributed by atoms with Crippen LogP contribution >= 0.6 is 0 Å². The molecule has 6 nitrogen and oxygen atoms in total. The zero-order chi connectivity index (χ0) is 23.4. The number of hydrogen-bond acceptors (Lipinski definition) is 4. The summed E-state index contributed by atoms with van der Waals surface area (Å²) in [7, 11) is 0. The topological polar surface area (TPSA) is 81.5 Å². The lowest BCUT2D eigenvalue weighted by Gasteiger charge is -2.14. The summed E-state index contributed by atoms with van der Waals surface area (Å²) in [4.78, 5) is 21.7. The number of halogens is 2. The van der Waals surface area contributed by atoms with Crippen LogP contribution in [0.25, 0.3) is 11.1 Å². The number of nitrogens with zero attached hydrogens (tertiary/aromatic N) is 1. The van der Waals surface area contributed by atoms with E-state index in [0.29, 0.717) is 12.1 Å². The fourth-order valence-electron chi connectivity index (χ4n) is 3.81. The number of rotatable bonds is 5. The van der Waals surface area contributed by atoms with Crippen molar-refractivity contribution in [3.63, 3.8) is 0 Å². The molecule has 166 valence electrons. The Bertz CT molecular complexity index is 1250. The summed E-state index contributed by atoms with van der Waals surface area (Å²) in [6.07, 6.45) is -0.450. The number of amides is 1. The highest BCUT2D eigenvalue weighted by Gasteiger charge is 2.28. The molecule has 1 amide bonds. The van der Waals surface area contributed by atoms with E-state index in [2.05, 4.69) is 17.2 Å². The van der Waals surface area contributed by atoms with Gasteiger partial charge in [-0.3, -0.25) is 10.1 Å². The summed E-state index contributed by atoms with van der Waals surface area (Å²) in [5.74, 6) is 2.81.